The van der Waals surface area contributed by atoms with Crippen molar-refractivity contribution in [2.24, 2.45) is 5.92 Å². The predicted molar refractivity (Wildman–Crippen MR) is 103 cm³/mol. The fraction of sp³-hybridized carbons (Fsp3) is 0.714. The minimum Gasteiger partial charge on any atom is -0.457 e. The molecule has 0 aromatic heterocycles. The molecule has 0 spiro atoms. The molecule has 0 aromatic carbocycles. The van der Waals surface area contributed by atoms with Gasteiger partial charge in [-0.2, -0.15) is 0 Å². The van der Waals surface area contributed by atoms with Gasteiger partial charge < -0.3 is 14.8 Å². The lowest BCUT2D eigenvalue weighted by Gasteiger charge is -2.33. The van der Waals surface area contributed by atoms with Gasteiger partial charge in [-0.1, -0.05) is 19.8 Å². The molecule has 0 atom stereocenters. The number of ether oxygens (including phenoxy) is 2. The molecule has 1 heterocycles. The molecular weight excluding hydrogens is 330 g/mol. The molecule has 0 fully saturated rings. The normalized spacial score (nSPS) is 16.5. The van der Waals surface area contributed by atoms with E-state index < -0.39 is 11.2 Å². The summed E-state index contributed by atoms with van der Waals surface area (Å²) < 4.78 is 11.2. The van der Waals surface area contributed by atoms with Crippen molar-refractivity contribution < 1.29 is 19.1 Å². The number of carbonyl (C=O) groups excluding carboxylic acids is 2. The molecule has 1 aliphatic heterocycles. The van der Waals surface area contributed by atoms with Crippen molar-refractivity contribution in [3.8, 4) is 0 Å². The van der Waals surface area contributed by atoms with Crippen molar-refractivity contribution in [1.29, 1.82) is 0 Å². The van der Waals surface area contributed by atoms with Gasteiger partial charge in [0.05, 0.1) is 11.1 Å². The molecule has 0 bridgehead atoms. The Kier molecular flexibility index (Phi) is 7.09. The zero-order valence-corrected chi connectivity index (χ0v) is 17.8. The number of unbranched alkanes of at least 4 members (excludes halogenated alkanes) is 1. The van der Waals surface area contributed by atoms with Gasteiger partial charge in [-0.05, 0) is 61.8 Å². The van der Waals surface area contributed by atoms with E-state index in [1.807, 2.05) is 55.4 Å². The zero-order chi connectivity index (χ0) is 20.3. The van der Waals surface area contributed by atoms with Crippen LogP contribution in [0.3, 0.4) is 0 Å². The van der Waals surface area contributed by atoms with E-state index in [-0.39, 0.29) is 17.9 Å². The third kappa shape index (κ3) is 6.19. The van der Waals surface area contributed by atoms with Gasteiger partial charge in [0.15, 0.2) is 0 Å². The minimum absolute atomic E-state index is 0.319. The number of dihydropyridines is 1. The van der Waals surface area contributed by atoms with E-state index in [2.05, 4.69) is 12.2 Å². The van der Waals surface area contributed by atoms with Crippen molar-refractivity contribution in [2.45, 2.75) is 92.8 Å². The van der Waals surface area contributed by atoms with Crippen molar-refractivity contribution in [3.63, 3.8) is 0 Å². The first-order valence-corrected chi connectivity index (χ1v) is 9.42. The first-order chi connectivity index (χ1) is 11.8. The van der Waals surface area contributed by atoms with Gasteiger partial charge in [-0.15, -0.1) is 0 Å². The van der Waals surface area contributed by atoms with Gasteiger partial charge in [0.2, 0.25) is 0 Å². The topological polar surface area (TPSA) is 64.6 Å². The summed E-state index contributed by atoms with van der Waals surface area (Å²) in [6.07, 6.45) is 2.59. The molecule has 0 aliphatic carbocycles. The number of hydrogen-bond donors (Lipinski definition) is 1. The van der Waals surface area contributed by atoms with Crippen molar-refractivity contribution in [2.75, 3.05) is 0 Å². The first kappa shape index (κ1) is 22.3. The first-order valence-electron chi connectivity index (χ1n) is 9.42. The van der Waals surface area contributed by atoms with Gasteiger partial charge in [-0.25, -0.2) is 9.59 Å². The maximum atomic E-state index is 12.9. The Hall–Kier alpha value is -1.78. The Labute approximate surface area is 158 Å². The van der Waals surface area contributed by atoms with E-state index >= 15 is 0 Å². The van der Waals surface area contributed by atoms with Gasteiger partial charge in [0.25, 0.3) is 0 Å². The van der Waals surface area contributed by atoms with Crippen molar-refractivity contribution >= 4 is 11.9 Å². The SMILES string of the molecule is CCCCC1C(C(=O)OC(C)(C)C)=C(C)NC(C)=C1C(=O)OC(C)(C)C. The monoisotopic (exact) mass is 365 g/mol. The van der Waals surface area contributed by atoms with E-state index in [0.717, 1.165) is 24.2 Å². The molecule has 26 heavy (non-hydrogen) atoms. The summed E-state index contributed by atoms with van der Waals surface area (Å²) in [6.45, 7) is 16.8. The second kappa shape index (κ2) is 8.28. The number of hydrogen-bond acceptors (Lipinski definition) is 5. The van der Waals surface area contributed by atoms with Gasteiger partial charge in [-0.3, -0.25) is 0 Å². The number of allylic oxidation sites excluding steroid dienone is 2. The summed E-state index contributed by atoms with van der Waals surface area (Å²) >= 11 is 0. The molecule has 5 heteroatoms. The highest BCUT2D eigenvalue weighted by Crippen LogP contribution is 2.36. The summed E-state index contributed by atoms with van der Waals surface area (Å²) in [6, 6.07) is 0. The molecule has 0 saturated heterocycles. The van der Waals surface area contributed by atoms with Gasteiger partial charge in [0.1, 0.15) is 11.2 Å². The summed E-state index contributed by atoms with van der Waals surface area (Å²) in [7, 11) is 0. The van der Waals surface area contributed by atoms with E-state index in [1.165, 1.54) is 0 Å². The standard InChI is InChI=1S/C21H35NO4/c1-10-11-12-15-16(18(23)25-20(4,5)6)13(2)22-14(3)17(15)19(24)26-21(7,8)9/h15,22H,10-12H2,1-9H3. The molecule has 1 N–H and O–H groups in total. The molecule has 0 saturated carbocycles. The molecule has 1 aliphatic rings. The fourth-order valence-electron chi connectivity index (χ4n) is 3.04. The molecule has 148 valence electrons. The fourth-order valence-corrected chi connectivity index (χ4v) is 3.04. The summed E-state index contributed by atoms with van der Waals surface area (Å²) in [5, 5.41) is 3.18. The van der Waals surface area contributed by atoms with E-state index in [1.54, 1.807) is 0 Å². The van der Waals surface area contributed by atoms with Crippen LogP contribution in [0.4, 0.5) is 0 Å². The van der Waals surface area contributed by atoms with Crippen LogP contribution in [0.2, 0.25) is 0 Å². The van der Waals surface area contributed by atoms with E-state index in [9.17, 15) is 9.59 Å². The Balaban J connectivity index is 3.30. The lowest BCUT2D eigenvalue weighted by Crippen LogP contribution is -2.37. The maximum Gasteiger partial charge on any atom is 0.336 e. The van der Waals surface area contributed by atoms with Crippen LogP contribution in [-0.4, -0.2) is 23.1 Å². The summed E-state index contributed by atoms with van der Waals surface area (Å²) in [5.41, 5.74) is 1.35. The lowest BCUT2D eigenvalue weighted by molar-refractivity contribution is -0.151. The van der Waals surface area contributed by atoms with Crippen LogP contribution in [0.25, 0.3) is 0 Å². The summed E-state index contributed by atoms with van der Waals surface area (Å²) in [5.74, 6) is -1.07. The molecule has 0 aromatic rings. The van der Waals surface area contributed by atoms with Crippen LogP contribution >= 0.6 is 0 Å². The molecule has 0 unspecified atom stereocenters. The largest absolute Gasteiger partial charge is 0.457 e. The zero-order valence-electron chi connectivity index (χ0n) is 17.8. The Morgan fingerprint density at radius 1 is 0.885 bits per heavy atom. The van der Waals surface area contributed by atoms with E-state index in [4.69, 9.17) is 9.47 Å². The highest BCUT2D eigenvalue weighted by atomic mass is 16.6. The van der Waals surface area contributed by atoms with Crippen LogP contribution in [0, 0.1) is 5.92 Å². The van der Waals surface area contributed by atoms with Crippen molar-refractivity contribution in [3.05, 3.63) is 22.5 Å². The van der Waals surface area contributed by atoms with Crippen LogP contribution in [0.1, 0.15) is 81.6 Å². The average molecular weight is 366 g/mol. The molecule has 5 nitrogen and oxygen atoms in total. The molecule has 1 rings (SSSR count). The van der Waals surface area contributed by atoms with Crippen LogP contribution in [0.5, 0.6) is 0 Å². The molecular formula is C21H35NO4. The van der Waals surface area contributed by atoms with Crippen LogP contribution in [-0.2, 0) is 19.1 Å². The van der Waals surface area contributed by atoms with Gasteiger partial charge in [0, 0.05) is 17.3 Å². The molecule has 0 radical (unpaired) electrons. The Bertz CT molecular complexity index is 565. The molecule has 0 amide bonds. The number of esters is 2. The number of carbonyl (C=O) groups is 2. The minimum atomic E-state index is -0.595. The second-order valence-electron chi connectivity index (χ2n) is 8.90. The Morgan fingerprint density at radius 2 is 1.27 bits per heavy atom. The highest BCUT2D eigenvalue weighted by Gasteiger charge is 2.38. The van der Waals surface area contributed by atoms with Crippen LogP contribution < -0.4 is 5.32 Å². The summed E-state index contributed by atoms with van der Waals surface area (Å²) in [4.78, 5) is 25.7. The predicted octanol–water partition coefficient (Wildman–Crippen LogP) is 4.63. The third-order valence-corrected chi connectivity index (χ3v) is 3.96. The smallest absolute Gasteiger partial charge is 0.336 e. The second-order valence-corrected chi connectivity index (χ2v) is 8.90. The number of rotatable bonds is 5. The maximum absolute atomic E-state index is 12.9. The quantitative estimate of drug-likeness (QED) is 0.720. The lowest BCUT2D eigenvalue weighted by atomic mass is 9.82. The van der Waals surface area contributed by atoms with Crippen molar-refractivity contribution in [1.82, 2.24) is 5.32 Å². The average Bonchev–Trinajstić information content (AvgIpc) is 2.39. The third-order valence-electron chi connectivity index (χ3n) is 3.96. The Morgan fingerprint density at radius 3 is 1.58 bits per heavy atom. The van der Waals surface area contributed by atoms with E-state index in [0.29, 0.717) is 17.6 Å². The van der Waals surface area contributed by atoms with Crippen LogP contribution in [0.15, 0.2) is 22.5 Å². The number of nitrogens with one attached hydrogen (secondary N) is 1. The van der Waals surface area contributed by atoms with Gasteiger partial charge >= 0.3 is 11.9 Å². The highest BCUT2D eigenvalue weighted by molar-refractivity contribution is 5.98.